The molecule has 0 fully saturated rings. The molecule has 0 radical (unpaired) electrons. The molecule has 0 bridgehead atoms. The highest BCUT2D eigenvalue weighted by molar-refractivity contribution is 9.10. The van der Waals surface area contributed by atoms with E-state index in [1.807, 2.05) is 0 Å². The van der Waals surface area contributed by atoms with Crippen molar-refractivity contribution in [3.05, 3.63) is 28.2 Å². The average Bonchev–Trinajstić information content (AvgIpc) is 2.14. The zero-order valence-corrected chi connectivity index (χ0v) is 8.93. The van der Waals surface area contributed by atoms with Crippen LogP contribution >= 0.6 is 15.9 Å². The van der Waals surface area contributed by atoms with Gasteiger partial charge in [0.1, 0.15) is 5.75 Å². The Balaban J connectivity index is 2.88. The van der Waals surface area contributed by atoms with E-state index >= 15 is 0 Å². The van der Waals surface area contributed by atoms with E-state index in [0.29, 0.717) is 10.8 Å². The number of carbonyl (C=O) groups excluding carboxylic acids is 1. The third kappa shape index (κ3) is 3.54. The van der Waals surface area contributed by atoms with Gasteiger partial charge in [0.05, 0.1) is 10.0 Å². The maximum atomic E-state index is 11.9. The van der Waals surface area contributed by atoms with Crippen LogP contribution in [0.25, 0.3) is 0 Å². The van der Waals surface area contributed by atoms with Crippen molar-refractivity contribution in [2.45, 2.75) is 6.18 Å². The molecule has 1 aromatic carbocycles. The van der Waals surface area contributed by atoms with Gasteiger partial charge in [-0.3, -0.25) is 4.79 Å². The third-order valence-electron chi connectivity index (χ3n) is 1.50. The van der Waals surface area contributed by atoms with Gasteiger partial charge in [-0.05, 0) is 28.1 Å². The van der Waals surface area contributed by atoms with Crippen LogP contribution in [-0.2, 0) is 0 Å². The van der Waals surface area contributed by atoms with Crippen molar-refractivity contribution < 1.29 is 22.7 Å². The van der Waals surface area contributed by atoms with Gasteiger partial charge in [0.25, 0.3) is 0 Å². The number of ether oxygens (including phenoxy) is 1. The van der Waals surface area contributed by atoms with Gasteiger partial charge in [0, 0.05) is 0 Å². The van der Waals surface area contributed by atoms with Gasteiger partial charge in [-0.1, -0.05) is 6.07 Å². The van der Waals surface area contributed by atoms with E-state index in [1.54, 1.807) is 0 Å². The second kappa shape index (κ2) is 4.65. The van der Waals surface area contributed by atoms with Gasteiger partial charge in [-0.15, -0.1) is 0 Å². The van der Waals surface area contributed by atoms with Gasteiger partial charge in [-0.25, -0.2) is 0 Å². The zero-order chi connectivity index (χ0) is 11.5. The van der Waals surface area contributed by atoms with E-state index < -0.39 is 12.8 Å². The van der Waals surface area contributed by atoms with Crippen LogP contribution in [0.5, 0.6) is 5.75 Å². The second-order valence-corrected chi connectivity index (χ2v) is 3.53. The van der Waals surface area contributed by atoms with Crippen LogP contribution < -0.4 is 4.74 Å². The molecule has 0 N–H and O–H groups in total. The average molecular weight is 283 g/mol. The molecule has 2 nitrogen and oxygen atoms in total. The SMILES string of the molecule is O=Cc1cccc(Br)c1OCC(F)(F)F. The van der Waals surface area contributed by atoms with Crippen LogP contribution in [0.15, 0.2) is 22.7 Å². The minimum absolute atomic E-state index is 0.0774. The Bertz CT molecular complexity index is 363. The number of hydrogen-bond acceptors (Lipinski definition) is 2. The van der Waals surface area contributed by atoms with Gasteiger partial charge in [0.15, 0.2) is 12.9 Å². The number of alkyl halides is 3. The largest absolute Gasteiger partial charge is 0.482 e. The van der Waals surface area contributed by atoms with Gasteiger partial charge in [-0.2, -0.15) is 13.2 Å². The molecule has 82 valence electrons. The summed E-state index contributed by atoms with van der Waals surface area (Å²) in [5, 5.41) is 0. The van der Waals surface area contributed by atoms with Crippen molar-refractivity contribution >= 4 is 22.2 Å². The molecule has 0 aliphatic heterocycles. The molecular weight excluding hydrogens is 277 g/mol. The molecule has 0 saturated carbocycles. The molecule has 0 aliphatic carbocycles. The van der Waals surface area contributed by atoms with Crippen LogP contribution in [0.1, 0.15) is 10.4 Å². The Morgan fingerprint density at radius 1 is 1.40 bits per heavy atom. The van der Waals surface area contributed by atoms with Crippen LogP contribution in [0.3, 0.4) is 0 Å². The zero-order valence-electron chi connectivity index (χ0n) is 7.34. The van der Waals surface area contributed by atoms with E-state index in [0.717, 1.165) is 0 Å². The molecule has 0 aromatic heterocycles. The van der Waals surface area contributed by atoms with Gasteiger partial charge in [0.2, 0.25) is 0 Å². The molecule has 6 heteroatoms. The molecule has 0 spiro atoms. The first kappa shape index (κ1) is 12.0. The molecule has 15 heavy (non-hydrogen) atoms. The van der Waals surface area contributed by atoms with Crippen molar-refractivity contribution in [1.82, 2.24) is 0 Å². The molecule has 0 amide bonds. The summed E-state index contributed by atoms with van der Waals surface area (Å²) in [5.74, 6) is -0.0928. The van der Waals surface area contributed by atoms with E-state index in [2.05, 4.69) is 20.7 Å². The summed E-state index contributed by atoms with van der Waals surface area (Å²) >= 11 is 3.00. The van der Waals surface area contributed by atoms with Crippen LogP contribution in [0.4, 0.5) is 13.2 Å². The van der Waals surface area contributed by atoms with Crippen LogP contribution in [-0.4, -0.2) is 19.1 Å². The Morgan fingerprint density at radius 3 is 2.60 bits per heavy atom. The summed E-state index contributed by atoms with van der Waals surface area (Å²) in [6.45, 7) is -1.42. The van der Waals surface area contributed by atoms with Crippen LogP contribution in [0.2, 0.25) is 0 Å². The minimum atomic E-state index is -4.42. The van der Waals surface area contributed by atoms with E-state index in [1.165, 1.54) is 18.2 Å². The van der Waals surface area contributed by atoms with Crippen molar-refractivity contribution in [3.8, 4) is 5.75 Å². The number of rotatable bonds is 3. The maximum Gasteiger partial charge on any atom is 0.422 e. The fourth-order valence-corrected chi connectivity index (χ4v) is 1.42. The van der Waals surface area contributed by atoms with Crippen molar-refractivity contribution in [2.24, 2.45) is 0 Å². The maximum absolute atomic E-state index is 11.9. The molecule has 0 heterocycles. The first-order valence-corrected chi connectivity index (χ1v) is 4.66. The van der Waals surface area contributed by atoms with Crippen molar-refractivity contribution in [1.29, 1.82) is 0 Å². The Labute approximate surface area is 92.2 Å². The Kier molecular flexibility index (Phi) is 3.73. The highest BCUT2D eigenvalue weighted by atomic mass is 79.9. The van der Waals surface area contributed by atoms with Gasteiger partial charge < -0.3 is 4.74 Å². The number of carbonyl (C=O) groups is 1. The number of aldehydes is 1. The topological polar surface area (TPSA) is 26.3 Å². The first-order valence-electron chi connectivity index (χ1n) is 3.87. The lowest BCUT2D eigenvalue weighted by molar-refractivity contribution is -0.153. The first-order chi connectivity index (χ1) is 6.94. The molecule has 0 unspecified atom stereocenters. The summed E-state index contributed by atoms with van der Waals surface area (Å²) in [6, 6.07) is 4.41. The standard InChI is InChI=1S/C9H6BrF3O2/c10-7-3-1-2-6(4-14)8(7)15-5-9(11,12)13/h1-4H,5H2. The monoisotopic (exact) mass is 282 g/mol. The van der Waals surface area contributed by atoms with Gasteiger partial charge >= 0.3 is 6.18 Å². The summed E-state index contributed by atoms with van der Waals surface area (Å²) in [6.07, 6.45) is -3.98. The molecule has 1 aromatic rings. The van der Waals surface area contributed by atoms with E-state index in [4.69, 9.17) is 0 Å². The minimum Gasteiger partial charge on any atom is -0.482 e. The quantitative estimate of drug-likeness (QED) is 0.796. The molecular formula is C9H6BrF3O2. The normalized spacial score (nSPS) is 11.2. The molecule has 1 rings (SSSR count). The lowest BCUT2D eigenvalue weighted by Crippen LogP contribution is -2.19. The fourth-order valence-electron chi connectivity index (χ4n) is 0.925. The predicted molar refractivity (Wildman–Crippen MR) is 51.1 cm³/mol. The Hall–Kier alpha value is -1.04. The smallest absolute Gasteiger partial charge is 0.422 e. The second-order valence-electron chi connectivity index (χ2n) is 2.68. The summed E-state index contributed by atoms with van der Waals surface area (Å²) in [7, 11) is 0. The number of para-hydroxylation sites is 1. The van der Waals surface area contributed by atoms with Crippen LogP contribution in [0, 0.1) is 0 Å². The summed E-state index contributed by atoms with van der Waals surface area (Å²) in [5.41, 5.74) is 0.0774. The highest BCUT2D eigenvalue weighted by Crippen LogP contribution is 2.29. The number of hydrogen-bond donors (Lipinski definition) is 0. The molecule has 0 atom stereocenters. The number of halogens is 4. The van der Waals surface area contributed by atoms with Crippen molar-refractivity contribution in [2.75, 3.05) is 6.61 Å². The summed E-state index contributed by atoms with van der Waals surface area (Å²) < 4.78 is 40.5. The van der Waals surface area contributed by atoms with Crippen molar-refractivity contribution in [3.63, 3.8) is 0 Å². The summed E-state index contributed by atoms with van der Waals surface area (Å²) in [4.78, 5) is 10.5. The highest BCUT2D eigenvalue weighted by Gasteiger charge is 2.29. The van der Waals surface area contributed by atoms with E-state index in [-0.39, 0.29) is 11.3 Å². The molecule has 0 saturated heterocycles. The Morgan fingerprint density at radius 2 is 2.07 bits per heavy atom. The molecule has 0 aliphatic rings. The lowest BCUT2D eigenvalue weighted by Gasteiger charge is -2.11. The fraction of sp³-hybridized carbons (Fsp3) is 0.222. The lowest BCUT2D eigenvalue weighted by atomic mass is 10.2. The van der Waals surface area contributed by atoms with E-state index in [9.17, 15) is 18.0 Å². The predicted octanol–water partition coefficient (Wildman–Crippen LogP) is 3.20. The third-order valence-corrected chi connectivity index (χ3v) is 2.13. The number of benzene rings is 1.